The summed E-state index contributed by atoms with van der Waals surface area (Å²) < 4.78 is 6.15. The van der Waals surface area contributed by atoms with Gasteiger partial charge in [-0.05, 0) is 42.5 Å². The Morgan fingerprint density at radius 3 is 2.67 bits per heavy atom. The number of oxazole rings is 1. The molecule has 1 heterocycles. The first-order chi connectivity index (χ1) is 11.5. The maximum absolute atomic E-state index is 10.9. The van der Waals surface area contributed by atoms with Crippen LogP contribution in [-0.4, -0.2) is 27.4 Å². The van der Waals surface area contributed by atoms with Gasteiger partial charge in [0.2, 0.25) is 5.89 Å². The Bertz CT molecular complexity index is 917. The zero-order valence-corrected chi connectivity index (χ0v) is 13.8. The first-order valence-electron chi connectivity index (χ1n) is 6.86. The molecule has 3 rings (SSSR count). The molecule has 2 aromatic carbocycles. The standard InChI is InChI=1S/C17H11BrN2O4/c18-12-6-4-10(5-7-12)15-20-14(17(23)24-15)9-19-13-3-1-2-11(8-13)16(21)22/h1-9,23H,(H,21,22). The monoisotopic (exact) mass is 386 g/mol. The Balaban J connectivity index is 1.87. The molecule has 24 heavy (non-hydrogen) atoms. The number of aromatic nitrogens is 1. The number of carboxylic acid groups (broad SMARTS) is 1. The maximum atomic E-state index is 10.9. The minimum absolute atomic E-state index is 0.129. The first kappa shape index (κ1) is 15.9. The van der Waals surface area contributed by atoms with Crippen molar-refractivity contribution in [2.45, 2.75) is 0 Å². The second-order valence-electron chi connectivity index (χ2n) is 4.83. The average Bonchev–Trinajstić information content (AvgIpc) is 2.95. The number of halogens is 1. The number of nitrogens with zero attached hydrogens (tertiary/aromatic N) is 2. The molecule has 6 nitrogen and oxygen atoms in total. The molecule has 120 valence electrons. The lowest BCUT2D eigenvalue weighted by molar-refractivity contribution is 0.0697. The van der Waals surface area contributed by atoms with Gasteiger partial charge < -0.3 is 14.6 Å². The summed E-state index contributed by atoms with van der Waals surface area (Å²) in [6.07, 6.45) is 1.32. The van der Waals surface area contributed by atoms with Gasteiger partial charge in [-0.3, -0.25) is 4.99 Å². The lowest BCUT2D eigenvalue weighted by Crippen LogP contribution is -1.94. The van der Waals surface area contributed by atoms with Crippen LogP contribution in [0.25, 0.3) is 11.5 Å². The van der Waals surface area contributed by atoms with Crippen LogP contribution in [0.3, 0.4) is 0 Å². The fourth-order valence-electron chi connectivity index (χ4n) is 1.98. The van der Waals surface area contributed by atoms with E-state index in [9.17, 15) is 9.90 Å². The van der Waals surface area contributed by atoms with Gasteiger partial charge in [0, 0.05) is 10.0 Å². The summed E-state index contributed by atoms with van der Waals surface area (Å²) in [5.74, 6) is -1.12. The fourth-order valence-corrected chi connectivity index (χ4v) is 2.24. The number of rotatable bonds is 4. The number of carbonyl (C=O) groups is 1. The van der Waals surface area contributed by atoms with E-state index in [4.69, 9.17) is 9.52 Å². The summed E-state index contributed by atoms with van der Waals surface area (Å²) in [5, 5.41) is 18.8. The number of benzene rings is 2. The van der Waals surface area contributed by atoms with Crippen LogP contribution in [0.2, 0.25) is 0 Å². The largest absolute Gasteiger partial charge is 0.479 e. The van der Waals surface area contributed by atoms with E-state index < -0.39 is 5.97 Å². The Kier molecular flexibility index (Phi) is 4.43. The summed E-state index contributed by atoms with van der Waals surface area (Å²) in [6.45, 7) is 0. The van der Waals surface area contributed by atoms with Crippen molar-refractivity contribution < 1.29 is 19.4 Å². The topological polar surface area (TPSA) is 95.9 Å². The zero-order valence-electron chi connectivity index (χ0n) is 12.2. The molecule has 7 heteroatoms. The summed E-state index contributed by atoms with van der Waals surface area (Å²) in [4.78, 5) is 19.3. The summed E-state index contributed by atoms with van der Waals surface area (Å²) >= 11 is 3.34. The molecule has 0 aliphatic rings. The van der Waals surface area contributed by atoms with Crippen molar-refractivity contribution in [3.63, 3.8) is 0 Å². The van der Waals surface area contributed by atoms with Crippen LogP contribution in [-0.2, 0) is 0 Å². The maximum Gasteiger partial charge on any atom is 0.335 e. The van der Waals surface area contributed by atoms with E-state index in [2.05, 4.69) is 25.9 Å². The van der Waals surface area contributed by atoms with E-state index >= 15 is 0 Å². The molecular formula is C17H11BrN2O4. The summed E-state index contributed by atoms with van der Waals surface area (Å²) in [5.41, 5.74) is 1.43. The highest BCUT2D eigenvalue weighted by Gasteiger charge is 2.12. The van der Waals surface area contributed by atoms with Crippen LogP contribution in [0, 0.1) is 0 Å². The average molecular weight is 387 g/mol. The van der Waals surface area contributed by atoms with Crippen molar-refractivity contribution in [1.82, 2.24) is 4.98 Å². The second-order valence-corrected chi connectivity index (χ2v) is 5.75. The molecule has 0 saturated heterocycles. The number of hydrogen-bond donors (Lipinski definition) is 2. The first-order valence-corrected chi connectivity index (χ1v) is 7.65. The third-order valence-corrected chi connectivity index (χ3v) is 3.68. The summed E-state index contributed by atoms with van der Waals surface area (Å²) in [7, 11) is 0. The minimum Gasteiger partial charge on any atom is -0.479 e. The van der Waals surface area contributed by atoms with Crippen LogP contribution in [0.15, 0.2) is 62.4 Å². The SMILES string of the molecule is O=C(O)c1cccc(N=Cc2nc(-c3ccc(Br)cc3)oc2O)c1. The molecule has 0 atom stereocenters. The summed E-state index contributed by atoms with van der Waals surface area (Å²) in [6, 6.07) is 13.4. The second kappa shape index (κ2) is 6.67. The van der Waals surface area contributed by atoms with Crippen molar-refractivity contribution in [2.75, 3.05) is 0 Å². The third-order valence-electron chi connectivity index (χ3n) is 3.15. The van der Waals surface area contributed by atoms with E-state index in [1.54, 1.807) is 24.3 Å². The molecule has 0 bridgehead atoms. The predicted octanol–water partition coefficient (Wildman–Crippen LogP) is 4.26. The molecule has 0 aliphatic heterocycles. The molecule has 0 fully saturated rings. The van der Waals surface area contributed by atoms with Gasteiger partial charge in [-0.1, -0.05) is 22.0 Å². The van der Waals surface area contributed by atoms with Crippen molar-refractivity contribution in [3.05, 3.63) is 64.3 Å². The molecule has 1 aromatic heterocycles. The molecule has 2 N–H and O–H groups in total. The molecule has 0 radical (unpaired) electrons. The Morgan fingerprint density at radius 2 is 1.96 bits per heavy atom. The van der Waals surface area contributed by atoms with Gasteiger partial charge in [-0.15, -0.1) is 0 Å². The number of carboxylic acids is 1. The lowest BCUT2D eigenvalue weighted by Gasteiger charge is -1.95. The van der Waals surface area contributed by atoms with Gasteiger partial charge in [0.1, 0.15) is 0 Å². The minimum atomic E-state index is -1.03. The van der Waals surface area contributed by atoms with E-state index in [1.807, 2.05) is 12.1 Å². The Hall–Kier alpha value is -2.93. The van der Waals surface area contributed by atoms with Gasteiger partial charge in [0.05, 0.1) is 17.5 Å². The van der Waals surface area contributed by atoms with Gasteiger partial charge in [-0.2, -0.15) is 0 Å². The normalized spacial score (nSPS) is 11.0. The van der Waals surface area contributed by atoms with Crippen molar-refractivity contribution in [2.24, 2.45) is 4.99 Å². The Morgan fingerprint density at radius 1 is 1.21 bits per heavy atom. The highest BCUT2D eigenvalue weighted by Crippen LogP contribution is 2.27. The molecule has 0 saturated carbocycles. The lowest BCUT2D eigenvalue weighted by atomic mass is 10.2. The highest BCUT2D eigenvalue weighted by molar-refractivity contribution is 9.10. The van der Waals surface area contributed by atoms with Gasteiger partial charge in [0.25, 0.3) is 0 Å². The fraction of sp³-hybridized carbons (Fsp3) is 0. The van der Waals surface area contributed by atoms with Crippen molar-refractivity contribution >= 4 is 33.8 Å². The molecule has 0 aliphatic carbocycles. The quantitative estimate of drug-likeness (QED) is 0.653. The van der Waals surface area contributed by atoms with Crippen LogP contribution in [0.4, 0.5) is 5.69 Å². The van der Waals surface area contributed by atoms with Crippen LogP contribution in [0.1, 0.15) is 16.1 Å². The van der Waals surface area contributed by atoms with E-state index in [1.165, 1.54) is 18.3 Å². The van der Waals surface area contributed by atoms with Gasteiger partial charge in [-0.25, -0.2) is 9.78 Å². The molecule has 0 unspecified atom stereocenters. The number of hydrogen-bond acceptors (Lipinski definition) is 5. The molecule has 0 spiro atoms. The van der Waals surface area contributed by atoms with Crippen LogP contribution < -0.4 is 0 Å². The Labute approximate surface area is 145 Å². The van der Waals surface area contributed by atoms with Crippen LogP contribution in [0.5, 0.6) is 5.95 Å². The molecular weight excluding hydrogens is 376 g/mol. The number of aliphatic imine (C=N–C) groups is 1. The smallest absolute Gasteiger partial charge is 0.335 e. The van der Waals surface area contributed by atoms with Crippen LogP contribution >= 0.6 is 15.9 Å². The van der Waals surface area contributed by atoms with Gasteiger partial charge >= 0.3 is 11.9 Å². The molecule has 3 aromatic rings. The number of aromatic hydroxyl groups is 1. The predicted molar refractivity (Wildman–Crippen MR) is 92.0 cm³/mol. The number of aromatic carboxylic acids is 1. The van der Waals surface area contributed by atoms with E-state index in [0.29, 0.717) is 11.3 Å². The zero-order chi connectivity index (χ0) is 17.1. The van der Waals surface area contributed by atoms with Gasteiger partial charge in [0.15, 0.2) is 5.69 Å². The highest BCUT2D eigenvalue weighted by atomic mass is 79.9. The van der Waals surface area contributed by atoms with E-state index in [0.717, 1.165) is 4.47 Å². The van der Waals surface area contributed by atoms with Crippen molar-refractivity contribution in [3.8, 4) is 17.4 Å². The third kappa shape index (κ3) is 3.52. The van der Waals surface area contributed by atoms with Crippen molar-refractivity contribution in [1.29, 1.82) is 0 Å². The van der Waals surface area contributed by atoms with E-state index in [-0.39, 0.29) is 23.1 Å². The molecule has 0 amide bonds.